The van der Waals surface area contributed by atoms with Gasteiger partial charge in [-0.15, -0.1) is 0 Å². The summed E-state index contributed by atoms with van der Waals surface area (Å²) in [5.41, 5.74) is -0.237. The van der Waals surface area contributed by atoms with Gasteiger partial charge in [-0.05, 0) is 46.5 Å². The zero-order chi connectivity index (χ0) is 13.2. The molecule has 0 amide bonds. The van der Waals surface area contributed by atoms with Gasteiger partial charge in [-0.2, -0.15) is 0 Å². The van der Waals surface area contributed by atoms with Gasteiger partial charge in [0.15, 0.2) is 0 Å². The van der Waals surface area contributed by atoms with Crippen LogP contribution in [0.2, 0.25) is 5.21 Å². The van der Waals surface area contributed by atoms with Crippen LogP contribution in [0.5, 0.6) is 0 Å². The average Bonchev–Trinajstić information content (AvgIpc) is 2.00. The quantitative estimate of drug-likeness (QED) is 0.614. The van der Waals surface area contributed by atoms with Gasteiger partial charge in [-0.25, -0.2) is 0 Å². The van der Waals surface area contributed by atoms with E-state index in [1.54, 1.807) is 0 Å². The highest BCUT2D eigenvalue weighted by atomic mass is 16.5. The summed E-state index contributed by atoms with van der Waals surface area (Å²) in [7, 11) is 11.9. The summed E-state index contributed by atoms with van der Waals surface area (Å²) in [6.45, 7) is 14.3. The molecule has 0 aromatic rings. The maximum absolute atomic E-state index is 5.98. The minimum atomic E-state index is -0.599. The molecule has 1 nitrogen and oxygen atoms in total. The summed E-state index contributed by atoms with van der Waals surface area (Å²) in [4.78, 5) is 0. The summed E-state index contributed by atoms with van der Waals surface area (Å²) >= 11 is 0. The van der Waals surface area contributed by atoms with E-state index in [0.29, 0.717) is 5.92 Å². The van der Waals surface area contributed by atoms with Crippen molar-refractivity contribution in [3.8, 4) is 0 Å². The van der Waals surface area contributed by atoms with Crippen molar-refractivity contribution in [2.24, 2.45) is 5.92 Å². The largest absolute Gasteiger partial charge is 0.370 e. The van der Waals surface area contributed by atoms with E-state index in [4.69, 9.17) is 20.4 Å². The minimum Gasteiger partial charge on any atom is -0.370 e. The molecule has 1 aliphatic heterocycles. The molecule has 0 saturated carbocycles. The molecule has 1 rings (SSSR count). The van der Waals surface area contributed by atoms with Crippen LogP contribution >= 0.6 is 0 Å². The normalized spacial score (nSPS) is 24.4. The third-order valence-electron chi connectivity index (χ3n) is 2.91. The van der Waals surface area contributed by atoms with Crippen LogP contribution in [0, 0.1) is 5.92 Å². The predicted octanol–water partition coefficient (Wildman–Crippen LogP) is 3.47. The molecule has 0 bridgehead atoms. The van der Waals surface area contributed by atoms with Gasteiger partial charge in [-0.1, -0.05) is 26.0 Å². The van der Waals surface area contributed by atoms with E-state index in [1.807, 2.05) is 20.8 Å². The van der Waals surface area contributed by atoms with E-state index in [-0.39, 0.29) is 11.2 Å². The van der Waals surface area contributed by atoms with Crippen molar-refractivity contribution < 1.29 is 4.74 Å². The highest BCUT2D eigenvalue weighted by molar-refractivity contribution is 6.39. The molecular formula is C13H26B2O. The van der Waals surface area contributed by atoms with E-state index in [2.05, 4.69) is 27.7 Å². The number of ether oxygens (including phenoxy) is 1. The van der Waals surface area contributed by atoms with E-state index >= 15 is 0 Å². The first-order valence-electron chi connectivity index (χ1n) is 6.30. The molecule has 0 spiro atoms. The van der Waals surface area contributed by atoms with Crippen LogP contribution in [0.4, 0.5) is 0 Å². The molecule has 0 atom stereocenters. The fourth-order valence-electron chi connectivity index (χ4n) is 2.53. The van der Waals surface area contributed by atoms with Crippen molar-refractivity contribution in [1.29, 1.82) is 0 Å². The molecule has 0 aromatic heterocycles. The van der Waals surface area contributed by atoms with Gasteiger partial charge >= 0.3 is 0 Å². The Morgan fingerprint density at radius 3 is 1.56 bits per heavy atom. The highest BCUT2D eigenvalue weighted by Crippen LogP contribution is 2.46. The standard InChI is InChI=1S/C11H20B2O.C2H6/c1-9(2)6-8(11(5,12)13)7-10(3,4)14-9;1-2/h8H,6-7H2,1-5H3;1-2H3. The zero-order valence-corrected chi connectivity index (χ0v) is 12.1. The molecule has 16 heavy (non-hydrogen) atoms. The van der Waals surface area contributed by atoms with Crippen LogP contribution in [0.25, 0.3) is 0 Å². The van der Waals surface area contributed by atoms with Crippen molar-refractivity contribution >= 4 is 15.7 Å². The second-order valence-corrected chi connectivity index (χ2v) is 6.09. The lowest BCUT2D eigenvalue weighted by atomic mass is 9.46. The van der Waals surface area contributed by atoms with Crippen molar-refractivity contribution in [2.45, 2.75) is 77.7 Å². The van der Waals surface area contributed by atoms with Gasteiger partial charge < -0.3 is 4.74 Å². The summed E-state index contributed by atoms with van der Waals surface area (Å²) in [6.07, 6.45) is 1.86. The zero-order valence-electron chi connectivity index (χ0n) is 12.1. The van der Waals surface area contributed by atoms with Crippen molar-refractivity contribution in [2.75, 3.05) is 0 Å². The van der Waals surface area contributed by atoms with Crippen LogP contribution in [0.3, 0.4) is 0 Å². The first kappa shape index (κ1) is 16.1. The Kier molecular flexibility index (Phi) is 5.19. The van der Waals surface area contributed by atoms with Crippen molar-refractivity contribution in [3.05, 3.63) is 0 Å². The van der Waals surface area contributed by atoms with Crippen LogP contribution in [-0.2, 0) is 4.74 Å². The Labute approximate surface area is 105 Å². The Morgan fingerprint density at radius 2 is 1.31 bits per heavy atom. The monoisotopic (exact) mass is 220 g/mol. The van der Waals surface area contributed by atoms with Gasteiger partial charge in [0, 0.05) is 0 Å². The molecule has 1 fully saturated rings. The molecule has 1 saturated heterocycles. The van der Waals surface area contributed by atoms with Crippen LogP contribution in [0.15, 0.2) is 0 Å². The van der Waals surface area contributed by atoms with Gasteiger partial charge in [0.2, 0.25) is 0 Å². The predicted molar refractivity (Wildman–Crippen MR) is 73.2 cm³/mol. The maximum Gasteiger partial charge on any atom is 0.0636 e. The molecule has 0 aromatic carbocycles. The number of rotatable bonds is 1. The summed E-state index contributed by atoms with van der Waals surface area (Å²) in [5, 5.41) is -0.599. The summed E-state index contributed by atoms with van der Waals surface area (Å²) in [5.74, 6) is 0.321. The molecule has 1 aliphatic rings. The maximum atomic E-state index is 5.98. The molecule has 3 heteroatoms. The van der Waals surface area contributed by atoms with Gasteiger partial charge in [0.1, 0.15) is 0 Å². The van der Waals surface area contributed by atoms with Gasteiger partial charge in [0.25, 0.3) is 0 Å². The lowest BCUT2D eigenvalue weighted by Gasteiger charge is -2.49. The summed E-state index contributed by atoms with van der Waals surface area (Å²) in [6, 6.07) is 0. The topological polar surface area (TPSA) is 9.23 Å². The Balaban J connectivity index is 0.00000106. The Morgan fingerprint density at radius 1 is 1.00 bits per heavy atom. The summed E-state index contributed by atoms with van der Waals surface area (Å²) < 4.78 is 5.98. The second kappa shape index (κ2) is 5.16. The first-order chi connectivity index (χ1) is 7.02. The van der Waals surface area contributed by atoms with Crippen LogP contribution in [0.1, 0.15) is 61.3 Å². The fourth-order valence-corrected chi connectivity index (χ4v) is 2.53. The minimum absolute atomic E-state index is 0.119. The van der Waals surface area contributed by atoms with E-state index in [0.717, 1.165) is 12.8 Å². The Bertz CT molecular complexity index is 200. The number of hydrogen-bond acceptors (Lipinski definition) is 1. The molecule has 1 heterocycles. The lowest BCUT2D eigenvalue weighted by molar-refractivity contribution is -0.174. The second-order valence-electron chi connectivity index (χ2n) is 6.09. The highest BCUT2D eigenvalue weighted by Gasteiger charge is 2.42. The lowest BCUT2D eigenvalue weighted by Crippen LogP contribution is -2.48. The smallest absolute Gasteiger partial charge is 0.0636 e. The third kappa shape index (κ3) is 4.95. The van der Waals surface area contributed by atoms with E-state index in [9.17, 15) is 0 Å². The van der Waals surface area contributed by atoms with Crippen LogP contribution < -0.4 is 0 Å². The average molecular weight is 220 g/mol. The van der Waals surface area contributed by atoms with E-state index < -0.39 is 5.21 Å². The third-order valence-corrected chi connectivity index (χ3v) is 2.91. The molecule has 0 aliphatic carbocycles. The SMILES string of the molecule is CC.[B]C([B])(C)C1CC(C)(C)OC(C)(C)C1. The Hall–Kier alpha value is 0.0899. The van der Waals surface area contributed by atoms with Gasteiger partial charge in [0.05, 0.1) is 26.9 Å². The van der Waals surface area contributed by atoms with E-state index in [1.165, 1.54) is 0 Å². The van der Waals surface area contributed by atoms with Gasteiger partial charge in [-0.3, -0.25) is 0 Å². The molecule has 4 radical (unpaired) electrons. The molecule has 0 unspecified atom stereocenters. The molecule has 90 valence electrons. The number of hydrogen-bond donors (Lipinski definition) is 0. The fraction of sp³-hybridized carbons (Fsp3) is 1.00. The molecule has 0 N–H and O–H groups in total. The molecular weight excluding hydrogens is 194 g/mol. The van der Waals surface area contributed by atoms with Crippen molar-refractivity contribution in [1.82, 2.24) is 0 Å². The first-order valence-corrected chi connectivity index (χ1v) is 6.30. The van der Waals surface area contributed by atoms with Crippen molar-refractivity contribution in [3.63, 3.8) is 0 Å². The van der Waals surface area contributed by atoms with Crippen LogP contribution in [-0.4, -0.2) is 26.9 Å².